The van der Waals surface area contributed by atoms with Gasteiger partial charge in [0.1, 0.15) is 9.85 Å². The van der Waals surface area contributed by atoms with Crippen LogP contribution in [0.25, 0.3) is 0 Å². The van der Waals surface area contributed by atoms with Crippen LogP contribution >= 0.6 is 0 Å². The van der Waals surface area contributed by atoms with Gasteiger partial charge in [0.2, 0.25) is 6.10 Å². The molecule has 0 radical (unpaired) electrons. The highest BCUT2D eigenvalue weighted by molar-refractivity contribution is 4.57. The third-order valence-electron chi connectivity index (χ3n) is 1.10. The van der Waals surface area contributed by atoms with Gasteiger partial charge in [0, 0.05) is 0 Å². The quantitative estimate of drug-likeness (QED) is 0.300. The zero-order chi connectivity index (χ0) is 9.23. The Labute approximate surface area is 60.4 Å². The molecule has 1 atom stereocenters. The highest BCUT2D eigenvalue weighted by Crippen LogP contribution is 2.11. The summed E-state index contributed by atoms with van der Waals surface area (Å²) in [6.07, 6.45) is -2.06. The Hall–Kier alpha value is -1.28. The van der Waals surface area contributed by atoms with Crippen molar-refractivity contribution in [2.24, 2.45) is 0 Å². The van der Waals surface area contributed by atoms with E-state index in [1.165, 1.54) is 0 Å². The first-order valence-electron chi connectivity index (χ1n) is 2.53. The van der Waals surface area contributed by atoms with Crippen molar-refractivity contribution in [3.63, 3.8) is 0 Å². The molecule has 0 aliphatic rings. The second kappa shape index (κ2) is 2.76. The summed E-state index contributed by atoms with van der Waals surface area (Å²) in [6.45, 7) is 0.756. The summed E-state index contributed by atoms with van der Waals surface area (Å²) >= 11 is 0. The molecule has 0 saturated heterocycles. The van der Waals surface area contributed by atoms with Crippen LogP contribution in [0.4, 0.5) is 0 Å². The highest BCUT2D eigenvalue weighted by Gasteiger charge is 2.60. The summed E-state index contributed by atoms with van der Waals surface area (Å²) in [5.74, 6) is -3.50. The summed E-state index contributed by atoms with van der Waals surface area (Å²) in [4.78, 5) is 16.6. The number of hydrogen-bond acceptors (Lipinski definition) is 6. The smallest absolute Gasteiger partial charge is 0.377 e. The largest absolute Gasteiger partial charge is 0.601 e. The molecular weight excluding hydrogens is 160 g/mol. The molecule has 0 aromatic rings. The van der Waals surface area contributed by atoms with Crippen LogP contribution in [0.3, 0.4) is 0 Å². The fourth-order valence-electron chi connectivity index (χ4n) is 0.372. The molecule has 0 saturated carbocycles. The van der Waals surface area contributed by atoms with Crippen LogP contribution in [0, 0.1) is 20.2 Å². The lowest BCUT2D eigenvalue weighted by atomic mass is 10.3. The van der Waals surface area contributed by atoms with E-state index < -0.39 is 21.8 Å². The van der Waals surface area contributed by atoms with Crippen LogP contribution < -0.4 is 0 Å². The van der Waals surface area contributed by atoms with Gasteiger partial charge in [-0.2, -0.15) is 0 Å². The summed E-state index contributed by atoms with van der Waals surface area (Å²) in [5.41, 5.74) is 0. The van der Waals surface area contributed by atoms with Crippen LogP contribution in [0.15, 0.2) is 0 Å². The molecule has 0 aliphatic carbocycles. The Kier molecular flexibility index (Phi) is 2.44. The monoisotopic (exact) mass is 166 g/mol. The maximum Gasteiger partial charge on any atom is 0.601 e. The highest BCUT2D eigenvalue weighted by atomic mass is 16.7. The maximum atomic E-state index is 9.86. The summed E-state index contributed by atoms with van der Waals surface area (Å²) < 4.78 is 0. The molecule has 11 heavy (non-hydrogen) atoms. The van der Waals surface area contributed by atoms with E-state index in [0.717, 1.165) is 6.92 Å². The second-order valence-electron chi connectivity index (χ2n) is 1.88. The fraction of sp³-hybridized carbons (Fsp3) is 1.00. The summed E-state index contributed by atoms with van der Waals surface area (Å²) in [6, 6.07) is 0. The van der Waals surface area contributed by atoms with Crippen LogP contribution in [0.5, 0.6) is 0 Å². The van der Waals surface area contributed by atoms with Crippen molar-refractivity contribution in [2.45, 2.75) is 18.9 Å². The zero-order valence-electron chi connectivity index (χ0n) is 5.50. The van der Waals surface area contributed by atoms with E-state index in [1.807, 2.05) is 0 Å². The van der Waals surface area contributed by atoms with Gasteiger partial charge >= 0.3 is 5.85 Å². The molecule has 0 fully saturated rings. The maximum absolute atomic E-state index is 9.86. The summed E-state index contributed by atoms with van der Waals surface area (Å²) in [5, 5.41) is 36.8. The van der Waals surface area contributed by atoms with Crippen LogP contribution in [0.2, 0.25) is 0 Å². The molecule has 0 spiro atoms. The van der Waals surface area contributed by atoms with Gasteiger partial charge in [0.15, 0.2) is 0 Å². The number of nitrogens with zero attached hydrogens (tertiary/aromatic N) is 2. The van der Waals surface area contributed by atoms with Crippen molar-refractivity contribution in [1.82, 2.24) is 0 Å². The van der Waals surface area contributed by atoms with E-state index in [2.05, 4.69) is 0 Å². The zero-order valence-corrected chi connectivity index (χ0v) is 5.50. The number of hydrogen-bond donors (Lipinski definition) is 2. The lowest BCUT2D eigenvalue weighted by Crippen LogP contribution is -2.54. The molecule has 0 amide bonds. The first-order valence-corrected chi connectivity index (χ1v) is 2.53. The molecule has 64 valence electrons. The topological polar surface area (TPSA) is 127 Å². The minimum Gasteiger partial charge on any atom is -0.377 e. The Morgan fingerprint density at radius 1 is 1.36 bits per heavy atom. The van der Waals surface area contributed by atoms with E-state index in [1.54, 1.807) is 0 Å². The number of rotatable bonds is 3. The third kappa shape index (κ3) is 1.41. The first-order chi connectivity index (χ1) is 4.83. The molecule has 2 N–H and O–H groups in total. The van der Waals surface area contributed by atoms with Crippen LogP contribution in [-0.4, -0.2) is 32.0 Å². The van der Waals surface area contributed by atoms with E-state index >= 15 is 0 Å². The second-order valence-corrected chi connectivity index (χ2v) is 1.88. The van der Waals surface area contributed by atoms with Gasteiger partial charge in [-0.15, -0.1) is 0 Å². The van der Waals surface area contributed by atoms with E-state index in [9.17, 15) is 20.2 Å². The number of aliphatic hydroxyl groups excluding tert-OH is 1. The molecular formula is C3H6N2O6. The SMILES string of the molecule is CC(O)C(O)([N+](=O)[O-])[N+](=O)[O-]. The van der Waals surface area contributed by atoms with Gasteiger partial charge in [-0.3, -0.25) is 25.3 Å². The van der Waals surface area contributed by atoms with Crippen molar-refractivity contribution in [2.75, 3.05) is 0 Å². The average molecular weight is 166 g/mol. The Morgan fingerprint density at radius 2 is 1.64 bits per heavy atom. The molecule has 0 heterocycles. The van der Waals surface area contributed by atoms with Gasteiger partial charge in [-0.05, 0) is 6.92 Å². The fourth-order valence-corrected chi connectivity index (χ4v) is 0.372. The normalized spacial score (nSPS) is 14.1. The predicted octanol–water partition coefficient (Wildman–Crippen LogP) is -1.43. The first kappa shape index (κ1) is 9.72. The molecule has 0 rings (SSSR count). The number of aliphatic hydroxyl groups is 2. The Bertz CT molecular complexity index is 174. The minimum atomic E-state index is -3.50. The summed E-state index contributed by atoms with van der Waals surface area (Å²) in [7, 11) is 0. The molecule has 0 aromatic heterocycles. The van der Waals surface area contributed by atoms with Gasteiger partial charge in [0.25, 0.3) is 0 Å². The van der Waals surface area contributed by atoms with Crippen molar-refractivity contribution >= 4 is 0 Å². The van der Waals surface area contributed by atoms with E-state index in [4.69, 9.17) is 10.2 Å². The van der Waals surface area contributed by atoms with Crippen LogP contribution in [-0.2, 0) is 0 Å². The van der Waals surface area contributed by atoms with Crippen molar-refractivity contribution in [3.05, 3.63) is 20.2 Å². The van der Waals surface area contributed by atoms with E-state index in [0.29, 0.717) is 0 Å². The standard InChI is InChI=1S/C3H6N2O6/c1-2(6)3(7,4(8)9)5(10)11/h2,6-7H,1H3. The number of nitro groups is 2. The van der Waals surface area contributed by atoms with Crippen LogP contribution in [0.1, 0.15) is 6.92 Å². The molecule has 0 aliphatic heterocycles. The van der Waals surface area contributed by atoms with Gasteiger partial charge in [0.05, 0.1) is 0 Å². The molecule has 1 unspecified atom stereocenters. The third-order valence-corrected chi connectivity index (χ3v) is 1.10. The van der Waals surface area contributed by atoms with Gasteiger partial charge in [-0.25, -0.2) is 0 Å². The molecule has 8 nitrogen and oxygen atoms in total. The minimum absolute atomic E-state index is 0.756. The Morgan fingerprint density at radius 3 is 1.64 bits per heavy atom. The molecule has 8 heteroatoms. The lowest BCUT2D eigenvalue weighted by molar-refractivity contribution is -0.856. The molecule has 0 aromatic carbocycles. The van der Waals surface area contributed by atoms with Crippen molar-refractivity contribution in [3.8, 4) is 0 Å². The van der Waals surface area contributed by atoms with E-state index in [-0.39, 0.29) is 0 Å². The Balaban J connectivity index is 4.82. The lowest BCUT2D eigenvalue weighted by Gasteiger charge is -2.11. The van der Waals surface area contributed by atoms with Gasteiger partial charge in [-0.1, -0.05) is 0 Å². The van der Waals surface area contributed by atoms with Gasteiger partial charge < -0.3 is 5.11 Å². The van der Waals surface area contributed by atoms with Crippen molar-refractivity contribution < 1.29 is 20.1 Å². The molecule has 0 bridgehead atoms. The predicted molar refractivity (Wildman–Crippen MR) is 30.6 cm³/mol. The average Bonchev–Trinajstić information content (AvgIpc) is 1.84. The van der Waals surface area contributed by atoms with Crippen molar-refractivity contribution in [1.29, 1.82) is 0 Å².